The lowest BCUT2D eigenvalue weighted by Crippen LogP contribution is -2.47. The molecule has 1 spiro atoms. The van der Waals surface area contributed by atoms with Crippen molar-refractivity contribution in [3.8, 4) is 0 Å². The van der Waals surface area contributed by atoms with Gasteiger partial charge >= 0.3 is 6.03 Å². The van der Waals surface area contributed by atoms with Crippen molar-refractivity contribution >= 4 is 40.6 Å². The van der Waals surface area contributed by atoms with Crippen LogP contribution >= 0.6 is 11.3 Å². The molecule has 1 atom stereocenters. The lowest BCUT2D eigenvalue weighted by atomic mass is 9.80. The summed E-state index contributed by atoms with van der Waals surface area (Å²) in [4.78, 5) is 44.3. The number of rotatable bonds is 2. The Morgan fingerprint density at radius 2 is 1.61 bits per heavy atom. The van der Waals surface area contributed by atoms with Gasteiger partial charge in [-0.3, -0.25) is 19.4 Å². The maximum absolute atomic E-state index is 13.7. The molecule has 166 valence electrons. The number of thiophene rings is 1. The molecule has 2 aromatic carbocycles. The Bertz CT molecular complexity index is 1250. The normalized spacial score (nSPS) is 21.3. The number of carbonyl (C=O) groups is 3. The number of benzene rings is 2. The van der Waals surface area contributed by atoms with Crippen molar-refractivity contribution in [2.75, 3.05) is 11.4 Å². The molecular formula is C26H23N3O3S. The number of imide groups is 1. The summed E-state index contributed by atoms with van der Waals surface area (Å²) in [6.07, 6.45) is 3.95. The van der Waals surface area contributed by atoms with Gasteiger partial charge in [-0.15, -0.1) is 11.3 Å². The largest absolute Gasteiger partial charge is 0.325 e. The van der Waals surface area contributed by atoms with E-state index < -0.39 is 11.6 Å². The minimum absolute atomic E-state index is 0.293. The highest BCUT2D eigenvalue weighted by atomic mass is 32.1. The van der Waals surface area contributed by atoms with E-state index in [-0.39, 0.29) is 18.4 Å². The molecule has 0 radical (unpaired) electrons. The van der Waals surface area contributed by atoms with Crippen LogP contribution in [0.15, 0.2) is 60.0 Å². The van der Waals surface area contributed by atoms with E-state index in [9.17, 15) is 14.4 Å². The Labute approximate surface area is 195 Å². The Hall–Kier alpha value is -3.45. The lowest BCUT2D eigenvalue weighted by molar-refractivity contribution is -0.134. The van der Waals surface area contributed by atoms with E-state index in [1.807, 2.05) is 60.0 Å². The predicted molar refractivity (Wildman–Crippen MR) is 127 cm³/mol. The van der Waals surface area contributed by atoms with Crippen LogP contribution < -0.4 is 10.2 Å². The third-order valence-electron chi connectivity index (χ3n) is 7.01. The zero-order chi connectivity index (χ0) is 22.6. The fraction of sp³-hybridized carbons (Fsp3) is 0.269. The van der Waals surface area contributed by atoms with E-state index in [0.29, 0.717) is 6.42 Å². The van der Waals surface area contributed by atoms with Crippen LogP contribution in [0.3, 0.4) is 0 Å². The summed E-state index contributed by atoms with van der Waals surface area (Å²) in [7, 11) is 0. The third-order valence-corrected chi connectivity index (χ3v) is 7.99. The zero-order valence-electron chi connectivity index (χ0n) is 18.0. The second-order valence-corrected chi connectivity index (χ2v) is 9.83. The average Bonchev–Trinajstić information content (AvgIpc) is 3.34. The number of aryl methyl sites for hydroxylation is 3. The molecule has 1 unspecified atom stereocenters. The molecule has 33 heavy (non-hydrogen) atoms. The molecule has 1 N–H and O–H groups in total. The average molecular weight is 458 g/mol. The van der Waals surface area contributed by atoms with Gasteiger partial charge in [0.25, 0.3) is 11.8 Å². The number of fused-ring (bicyclic) bond motifs is 4. The van der Waals surface area contributed by atoms with Gasteiger partial charge in [-0.2, -0.15) is 0 Å². The molecule has 0 saturated carbocycles. The summed E-state index contributed by atoms with van der Waals surface area (Å²) in [6.45, 7) is -0.297. The summed E-state index contributed by atoms with van der Waals surface area (Å²) in [6, 6.07) is 17.1. The molecule has 6 rings (SSSR count). The van der Waals surface area contributed by atoms with Gasteiger partial charge in [-0.05, 0) is 66.8 Å². The topological polar surface area (TPSA) is 69.7 Å². The Balaban J connectivity index is 1.36. The second kappa shape index (κ2) is 7.56. The van der Waals surface area contributed by atoms with Crippen molar-refractivity contribution in [2.45, 2.75) is 37.6 Å². The van der Waals surface area contributed by atoms with Crippen LogP contribution in [0.4, 0.5) is 16.2 Å². The highest BCUT2D eigenvalue weighted by Gasteiger charge is 2.55. The van der Waals surface area contributed by atoms with Gasteiger partial charge in [-0.1, -0.05) is 36.4 Å². The molecule has 3 heterocycles. The third kappa shape index (κ3) is 3.03. The molecule has 4 amide bonds. The van der Waals surface area contributed by atoms with Gasteiger partial charge in [0.2, 0.25) is 0 Å². The molecule has 1 aromatic heterocycles. The fourth-order valence-corrected chi connectivity index (χ4v) is 6.44. The Morgan fingerprint density at radius 1 is 0.939 bits per heavy atom. The van der Waals surface area contributed by atoms with Crippen LogP contribution in [-0.4, -0.2) is 29.3 Å². The minimum atomic E-state index is -1.04. The molecule has 1 saturated heterocycles. The number of nitrogens with zero attached hydrogens (tertiary/aromatic N) is 2. The SMILES string of the molecule is O=C1NC2(CCCc3sccc32)C(=O)N1CC(=O)N1c2ccccc2CCc2ccccc21. The maximum atomic E-state index is 13.7. The molecule has 7 heteroatoms. The number of urea groups is 1. The van der Waals surface area contributed by atoms with E-state index >= 15 is 0 Å². The first-order valence-corrected chi connectivity index (χ1v) is 12.2. The summed E-state index contributed by atoms with van der Waals surface area (Å²) in [5, 5.41) is 4.91. The molecule has 3 aliphatic rings. The first kappa shape index (κ1) is 20.2. The number of carbonyl (C=O) groups excluding carboxylic acids is 3. The van der Waals surface area contributed by atoms with E-state index in [1.54, 1.807) is 16.2 Å². The highest BCUT2D eigenvalue weighted by molar-refractivity contribution is 7.10. The maximum Gasteiger partial charge on any atom is 0.325 e. The molecule has 1 fully saturated rings. The van der Waals surface area contributed by atoms with Gasteiger partial charge in [0, 0.05) is 10.4 Å². The Kier molecular flexibility index (Phi) is 4.62. The van der Waals surface area contributed by atoms with Gasteiger partial charge in [0.05, 0.1) is 11.4 Å². The predicted octanol–water partition coefficient (Wildman–Crippen LogP) is 4.30. The molecule has 0 bridgehead atoms. The first-order valence-electron chi connectivity index (χ1n) is 11.3. The number of amides is 4. The fourth-order valence-electron chi connectivity index (χ4n) is 5.44. The van der Waals surface area contributed by atoms with E-state index in [4.69, 9.17) is 0 Å². The van der Waals surface area contributed by atoms with Crippen molar-refractivity contribution in [1.29, 1.82) is 0 Å². The van der Waals surface area contributed by atoms with Crippen molar-refractivity contribution in [1.82, 2.24) is 10.2 Å². The molecule has 2 aliphatic heterocycles. The van der Waals surface area contributed by atoms with E-state index in [1.165, 1.54) is 0 Å². The van der Waals surface area contributed by atoms with Crippen LogP contribution in [0.25, 0.3) is 0 Å². The van der Waals surface area contributed by atoms with Crippen molar-refractivity contribution < 1.29 is 14.4 Å². The van der Waals surface area contributed by atoms with Gasteiger partial charge in [0.1, 0.15) is 12.1 Å². The van der Waals surface area contributed by atoms with Gasteiger partial charge in [-0.25, -0.2) is 4.79 Å². The number of para-hydroxylation sites is 2. The van der Waals surface area contributed by atoms with Crippen LogP contribution in [0.2, 0.25) is 0 Å². The zero-order valence-corrected chi connectivity index (χ0v) is 18.9. The van der Waals surface area contributed by atoms with E-state index in [2.05, 4.69) is 5.32 Å². The van der Waals surface area contributed by atoms with Gasteiger partial charge in [0.15, 0.2) is 0 Å². The standard InChI is InChI=1S/C26H23N3O3S/c30-23(29-20-8-3-1-6-17(20)11-12-18-7-2-4-9-21(18)29)16-28-24(31)26(27-25(28)32)14-5-10-22-19(26)13-15-33-22/h1-4,6-9,13,15H,5,10-12,14,16H2,(H,27,32). The van der Waals surface area contributed by atoms with Crippen molar-refractivity contribution in [3.05, 3.63) is 81.5 Å². The van der Waals surface area contributed by atoms with Crippen LogP contribution in [0.5, 0.6) is 0 Å². The highest BCUT2D eigenvalue weighted by Crippen LogP contribution is 2.42. The van der Waals surface area contributed by atoms with Gasteiger partial charge < -0.3 is 5.32 Å². The Morgan fingerprint density at radius 3 is 2.30 bits per heavy atom. The van der Waals surface area contributed by atoms with Crippen LogP contribution in [0.1, 0.15) is 34.4 Å². The number of hydrogen-bond acceptors (Lipinski definition) is 4. The van der Waals surface area contributed by atoms with E-state index in [0.717, 1.165) is 63.5 Å². The van der Waals surface area contributed by atoms with Crippen LogP contribution in [0, 0.1) is 0 Å². The minimum Gasteiger partial charge on any atom is -0.319 e. The summed E-state index contributed by atoms with van der Waals surface area (Å²) in [5.74, 6) is -0.615. The smallest absolute Gasteiger partial charge is 0.319 e. The summed E-state index contributed by atoms with van der Waals surface area (Å²) < 4.78 is 0. The first-order chi connectivity index (χ1) is 16.1. The molecule has 1 aliphatic carbocycles. The molecular weight excluding hydrogens is 434 g/mol. The monoisotopic (exact) mass is 457 g/mol. The lowest BCUT2D eigenvalue weighted by Gasteiger charge is -2.31. The van der Waals surface area contributed by atoms with Crippen molar-refractivity contribution in [3.63, 3.8) is 0 Å². The molecule has 3 aromatic rings. The quantitative estimate of drug-likeness (QED) is 0.584. The summed E-state index contributed by atoms with van der Waals surface area (Å²) >= 11 is 1.62. The van der Waals surface area contributed by atoms with Crippen LogP contribution in [-0.2, 0) is 34.4 Å². The number of nitrogens with one attached hydrogen (secondary N) is 1. The second-order valence-electron chi connectivity index (χ2n) is 8.82. The molecule has 6 nitrogen and oxygen atoms in total. The number of anilines is 2. The number of hydrogen-bond donors (Lipinski definition) is 1. The summed E-state index contributed by atoms with van der Waals surface area (Å²) in [5.41, 5.74) is 3.62. The van der Waals surface area contributed by atoms with Crippen molar-refractivity contribution in [2.24, 2.45) is 0 Å².